The quantitative estimate of drug-likeness (QED) is 0.668. The smallest absolute Gasteiger partial charge is 0.303 e. The average molecular weight is 368 g/mol. The Balaban J connectivity index is 1.65. The predicted octanol–water partition coefficient (Wildman–Crippen LogP) is 4.48. The number of benzene rings is 2. The van der Waals surface area contributed by atoms with Gasteiger partial charge in [-0.25, -0.2) is 9.07 Å². The van der Waals surface area contributed by atoms with Crippen LogP contribution in [0.4, 0.5) is 4.39 Å². The SMILES string of the molecule is Cc1c(COc2ccc(C(C)CC(=O)O)cc2)cnn1-c1ccc(F)cc1. The summed E-state index contributed by atoms with van der Waals surface area (Å²) in [5.74, 6) is -0.437. The van der Waals surface area contributed by atoms with Crippen LogP contribution in [0.25, 0.3) is 5.69 Å². The molecule has 5 nitrogen and oxygen atoms in total. The molecule has 0 aliphatic rings. The molecule has 6 heteroatoms. The fourth-order valence-corrected chi connectivity index (χ4v) is 2.86. The van der Waals surface area contributed by atoms with Gasteiger partial charge in [-0.3, -0.25) is 4.79 Å². The first-order valence-electron chi connectivity index (χ1n) is 8.68. The number of carbonyl (C=O) groups is 1. The third-order valence-electron chi connectivity index (χ3n) is 4.51. The number of aliphatic carboxylic acids is 1. The largest absolute Gasteiger partial charge is 0.489 e. The maximum absolute atomic E-state index is 13.1. The molecular weight excluding hydrogens is 347 g/mol. The zero-order valence-corrected chi connectivity index (χ0v) is 15.2. The molecule has 0 fully saturated rings. The first kappa shape index (κ1) is 18.6. The van der Waals surface area contributed by atoms with E-state index in [4.69, 9.17) is 9.84 Å². The van der Waals surface area contributed by atoms with E-state index in [9.17, 15) is 9.18 Å². The zero-order valence-electron chi connectivity index (χ0n) is 15.2. The summed E-state index contributed by atoms with van der Waals surface area (Å²) in [6, 6.07) is 13.6. The number of carboxylic acid groups (broad SMARTS) is 1. The van der Waals surface area contributed by atoms with Crippen LogP contribution in [0.2, 0.25) is 0 Å². The zero-order chi connectivity index (χ0) is 19.4. The Labute approximate surface area is 157 Å². The van der Waals surface area contributed by atoms with Gasteiger partial charge in [-0.1, -0.05) is 19.1 Å². The number of ether oxygens (including phenoxy) is 1. The van der Waals surface area contributed by atoms with Crippen LogP contribution in [0.3, 0.4) is 0 Å². The van der Waals surface area contributed by atoms with Crippen molar-refractivity contribution in [2.24, 2.45) is 0 Å². The van der Waals surface area contributed by atoms with Crippen molar-refractivity contribution in [3.8, 4) is 11.4 Å². The summed E-state index contributed by atoms with van der Waals surface area (Å²) in [6.07, 6.45) is 1.84. The van der Waals surface area contributed by atoms with Crippen LogP contribution in [0, 0.1) is 12.7 Å². The van der Waals surface area contributed by atoms with Crippen LogP contribution < -0.4 is 4.74 Å². The number of nitrogens with zero attached hydrogens (tertiary/aromatic N) is 2. The van der Waals surface area contributed by atoms with Crippen LogP contribution in [-0.2, 0) is 11.4 Å². The standard InChI is InChI=1S/C21H21FN2O3/c1-14(11-21(25)26)16-3-9-20(10-4-16)27-13-17-12-23-24(15(17)2)19-7-5-18(22)6-8-19/h3-10,12,14H,11,13H2,1-2H3,(H,25,26). The molecule has 0 aliphatic carbocycles. The van der Waals surface area contributed by atoms with Crippen molar-refractivity contribution in [2.45, 2.75) is 32.8 Å². The van der Waals surface area contributed by atoms with Gasteiger partial charge in [-0.2, -0.15) is 5.10 Å². The number of carboxylic acids is 1. The van der Waals surface area contributed by atoms with Gasteiger partial charge in [-0.05, 0) is 54.8 Å². The van der Waals surface area contributed by atoms with Gasteiger partial charge in [0.25, 0.3) is 0 Å². The summed E-state index contributed by atoms with van der Waals surface area (Å²) < 4.78 is 20.7. The van der Waals surface area contributed by atoms with Crippen molar-refractivity contribution in [1.82, 2.24) is 9.78 Å². The van der Waals surface area contributed by atoms with Crippen molar-refractivity contribution < 1.29 is 19.0 Å². The van der Waals surface area contributed by atoms with Gasteiger partial charge in [0, 0.05) is 11.3 Å². The normalized spacial score (nSPS) is 12.0. The average Bonchev–Trinajstić information content (AvgIpc) is 3.01. The number of halogens is 1. The molecule has 3 aromatic rings. The Morgan fingerprint density at radius 3 is 2.48 bits per heavy atom. The summed E-state index contributed by atoms with van der Waals surface area (Å²) >= 11 is 0. The first-order valence-corrected chi connectivity index (χ1v) is 8.68. The van der Waals surface area contributed by atoms with Crippen molar-refractivity contribution in [3.05, 3.63) is 77.4 Å². The second kappa shape index (κ2) is 8.03. The molecule has 0 aliphatic heterocycles. The molecule has 1 heterocycles. The predicted molar refractivity (Wildman–Crippen MR) is 99.7 cm³/mol. The molecule has 1 atom stereocenters. The van der Waals surface area contributed by atoms with Gasteiger partial charge < -0.3 is 9.84 Å². The van der Waals surface area contributed by atoms with Gasteiger partial charge in [0.05, 0.1) is 18.3 Å². The molecule has 0 amide bonds. The molecule has 0 spiro atoms. The topological polar surface area (TPSA) is 64.3 Å². The van der Waals surface area contributed by atoms with E-state index in [1.54, 1.807) is 23.0 Å². The molecule has 1 N–H and O–H groups in total. The van der Waals surface area contributed by atoms with E-state index in [0.29, 0.717) is 12.4 Å². The van der Waals surface area contributed by atoms with Crippen molar-refractivity contribution >= 4 is 5.97 Å². The van der Waals surface area contributed by atoms with E-state index in [1.807, 2.05) is 38.1 Å². The molecule has 0 radical (unpaired) electrons. The third-order valence-corrected chi connectivity index (χ3v) is 4.51. The van der Waals surface area contributed by atoms with Crippen molar-refractivity contribution in [3.63, 3.8) is 0 Å². The molecule has 0 saturated carbocycles. The van der Waals surface area contributed by atoms with Gasteiger partial charge in [-0.15, -0.1) is 0 Å². The van der Waals surface area contributed by atoms with Crippen molar-refractivity contribution in [1.29, 1.82) is 0 Å². The lowest BCUT2D eigenvalue weighted by atomic mass is 9.98. The van der Waals surface area contributed by atoms with Crippen LogP contribution >= 0.6 is 0 Å². The molecule has 1 aromatic heterocycles. The molecule has 27 heavy (non-hydrogen) atoms. The number of aromatic nitrogens is 2. The molecule has 1 unspecified atom stereocenters. The molecule has 0 bridgehead atoms. The maximum atomic E-state index is 13.1. The summed E-state index contributed by atoms with van der Waals surface area (Å²) in [6.45, 7) is 4.18. The van der Waals surface area contributed by atoms with E-state index < -0.39 is 5.97 Å². The van der Waals surface area contributed by atoms with Crippen LogP contribution in [0.5, 0.6) is 5.75 Å². The van der Waals surface area contributed by atoms with Crippen LogP contribution in [0.1, 0.15) is 36.1 Å². The molecule has 0 saturated heterocycles. The molecule has 140 valence electrons. The highest BCUT2D eigenvalue weighted by atomic mass is 19.1. The molecule has 3 rings (SSSR count). The third kappa shape index (κ3) is 4.53. The monoisotopic (exact) mass is 368 g/mol. The summed E-state index contributed by atoms with van der Waals surface area (Å²) in [5.41, 5.74) is 3.61. The Bertz CT molecular complexity index is 918. The van der Waals surface area contributed by atoms with E-state index in [-0.39, 0.29) is 18.2 Å². The second-order valence-corrected chi connectivity index (χ2v) is 6.50. The van der Waals surface area contributed by atoms with Crippen molar-refractivity contribution in [2.75, 3.05) is 0 Å². The lowest BCUT2D eigenvalue weighted by Gasteiger charge is -2.11. The van der Waals surface area contributed by atoms with Gasteiger partial charge in [0.15, 0.2) is 0 Å². The van der Waals surface area contributed by atoms with Gasteiger partial charge in [0.2, 0.25) is 0 Å². The highest BCUT2D eigenvalue weighted by Gasteiger charge is 2.11. The molecule has 2 aromatic carbocycles. The van der Waals surface area contributed by atoms with Crippen LogP contribution in [-0.4, -0.2) is 20.9 Å². The first-order chi connectivity index (χ1) is 12.9. The number of hydrogen-bond donors (Lipinski definition) is 1. The molecular formula is C21H21FN2O3. The lowest BCUT2D eigenvalue weighted by Crippen LogP contribution is -2.03. The number of rotatable bonds is 7. The highest BCUT2D eigenvalue weighted by molar-refractivity contribution is 5.68. The summed E-state index contributed by atoms with van der Waals surface area (Å²) in [5, 5.41) is 13.2. The van der Waals surface area contributed by atoms with E-state index in [1.165, 1.54) is 12.1 Å². The van der Waals surface area contributed by atoms with Gasteiger partial charge in [0.1, 0.15) is 18.2 Å². The fraction of sp³-hybridized carbons (Fsp3) is 0.238. The minimum absolute atomic E-state index is 0.0484. The fourth-order valence-electron chi connectivity index (χ4n) is 2.86. The minimum atomic E-state index is -0.809. The minimum Gasteiger partial charge on any atom is -0.489 e. The maximum Gasteiger partial charge on any atom is 0.303 e. The van der Waals surface area contributed by atoms with E-state index in [0.717, 1.165) is 22.5 Å². The Kier molecular flexibility index (Phi) is 5.54. The Morgan fingerprint density at radius 1 is 1.19 bits per heavy atom. The van der Waals surface area contributed by atoms with E-state index >= 15 is 0 Å². The number of hydrogen-bond acceptors (Lipinski definition) is 3. The summed E-state index contributed by atoms with van der Waals surface area (Å²) in [4.78, 5) is 10.8. The summed E-state index contributed by atoms with van der Waals surface area (Å²) in [7, 11) is 0. The van der Waals surface area contributed by atoms with Gasteiger partial charge >= 0.3 is 5.97 Å². The second-order valence-electron chi connectivity index (χ2n) is 6.50. The Hall–Kier alpha value is -3.15. The Morgan fingerprint density at radius 2 is 1.85 bits per heavy atom. The van der Waals surface area contributed by atoms with Crippen LogP contribution in [0.15, 0.2) is 54.7 Å². The lowest BCUT2D eigenvalue weighted by molar-refractivity contribution is -0.137. The highest BCUT2D eigenvalue weighted by Crippen LogP contribution is 2.23. The van der Waals surface area contributed by atoms with E-state index in [2.05, 4.69) is 5.10 Å².